The molecular formula is C10H5ClFNO2S. The molecule has 0 radical (unpaired) electrons. The zero-order valence-electron chi connectivity index (χ0n) is 7.78. The van der Waals surface area contributed by atoms with Gasteiger partial charge in [0.15, 0.2) is 5.69 Å². The van der Waals surface area contributed by atoms with E-state index in [4.69, 9.17) is 16.7 Å². The molecular weight excluding hydrogens is 253 g/mol. The summed E-state index contributed by atoms with van der Waals surface area (Å²) >= 11 is 6.98. The maximum absolute atomic E-state index is 12.8. The summed E-state index contributed by atoms with van der Waals surface area (Å²) in [6, 6.07) is 3.89. The monoisotopic (exact) mass is 257 g/mol. The molecule has 6 heteroatoms. The number of hydrogen-bond donors (Lipinski definition) is 1. The molecule has 1 N–H and O–H groups in total. The Labute approximate surface area is 99.1 Å². The van der Waals surface area contributed by atoms with Crippen LogP contribution in [0.2, 0.25) is 5.02 Å². The molecule has 0 bridgehead atoms. The van der Waals surface area contributed by atoms with E-state index in [-0.39, 0.29) is 10.7 Å². The van der Waals surface area contributed by atoms with Crippen LogP contribution in [-0.2, 0) is 0 Å². The van der Waals surface area contributed by atoms with Gasteiger partial charge < -0.3 is 5.11 Å². The number of carboxylic acid groups (broad SMARTS) is 1. The average molecular weight is 258 g/mol. The third-order valence-corrected chi connectivity index (χ3v) is 3.07. The van der Waals surface area contributed by atoms with Crippen molar-refractivity contribution >= 4 is 28.9 Å². The lowest BCUT2D eigenvalue weighted by Crippen LogP contribution is -1.95. The van der Waals surface area contributed by atoms with Crippen LogP contribution < -0.4 is 0 Å². The van der Waals surface area contributed by atoms with E-state index in [1.165, 1.54) is 23.6 Å². The maximum Gasteiger partial charge on any atom is 0.355 e. The highest BCUT2D eigenvalue weighted by atomic mass is 35.5. The van der Waals surface area contributed by atoms with Crippen LogP contribution in [0, 0.1) is 5.82 Å². The SMILES string of the molecule is O=C(O)c1csc(-c2ccc(F)cc2Cl)n1. The van der Waals surface area contributed by atoms with Crippen LogP contribution in [0.5, 0.6) is 0 Å². The summed E-state index contributed by atoms with van der Waals surface area (Å²) < 4.78 is 12.8. The fourth-order valence-corrected chi connectivity index (χ4v) is 2.30. The Hall–Kier alpha value is -1.46. The van der Waals surface area contributed by atoms with E-state index in [1.807, 2.05) is 0 Å². The normalized spacial score (nSPS) is 10.4. The van der Waals surface area contributed by atoms with Crippen molar-refractivity contribution in [2.24, 2.45) is 0 Å². The van der Waals surface area contributed by atoms with E-state index < -0.39 is 11.8 Å². The summed E-state index contributed by atoms with van der Waals surface area (Å²) in [4.78, 5) is 14.5. The van der Waals surface area contributed by atoms with Crippen LogP contribution in [0.1, 0.15) is 10.5 Å². The Morgan fingerprint density at radius 2 is 2.25 bits per heavy atom. The lowest BCUT2D eigenvalue weighted by Gasteiger charge is -1.99. The zero-order chi connectivity index (χ0) is 11.7. The molecule has 0 saturated carbocycles. The van der Waals surface area contributed by atoms with E-state index >= 15 is 0 Å². The standard InChI is InChI=1S/C10H5ClFNO2S/c11-7-3-5(12)1-2-6(7)9-13-8(4-16-9)10(14)15/h1-4H,(H,14,15). The summed E-state index contributed by atoms with van der Waals surface area (Å²) in [7, 11) is 0. The number of benzene rings is 1. The van der Waals surface area contributed by atoms with E-state index in [0.717, 1.165) is 11.3 Å². The lowest BCUT2D eigenvalue weighted by atomic mass is 10.2. The van der Waals surface area contributed by atoms with E-state index in [0.29, 0.717) is 10.6 Å². The van der Waals surface area contributed by atoms with Crippen molar-refractivity contribution in [1.29, 1.82) is 0 Å². The van der Waals surface area contributed by atoms with Crippen LogP contribution >= 0.6 is 22.9 Å². The van der Waals surface area contributed by atoms with Gasteiger partial charge in [-0.15, -0.1) is 11.3 Å². The molecule has 0 aliphatic rings. The third-order valence-electron chi connectivity index (χ3n) is 1.88. The van der Waals surface area contributed by atoms with Crippen molar-refractivity contribution < 1.29 is 14.3 Å². The van der Waals surface area contributed by atoms with E-state index in [2.05, 4.69) is 4.98 Å². The van der Waals surface area contributed by atoms with Gasteiger partial charge in [-0.1, -0.05) is 11.6 Å². The average Bonchev–Trinajstić information content (AvgIpc) is 2.66. The number of aromatic carboxylic acids is 1. The van der Waals surface area contributed by atoms with Crippen LogP contribution in [-0.4, -0.2) is 16.1 Å². The molecule has 0 aliphatic carbocycles. The number of aromatic nitrogens is 1. The molecule has 3 nitrogen and oxygen atoms in total. The van der Waals surface area contributed by atoms with Crippen LogP contribution in [0.25, 0.3) is 10.6 Å². The molecule has 82 valence electrons. The zero-order valence-corrected chi connectivity index (χ0v) is 9.35. The fourth-order valence-electron chi connectivity index (χ4n) is 1.16. The number of carbonyl (C=O) groups is 1. The smallest absolute Gasteiger partial charge is 0.355 e. The van der Waals surface area contributed by atoms with Crippen LogP contribution in [0.4, 0.5) is 4.39 Å². The molecule has 0 unspecified atom stereocenters. The summed E-state index contributed by atoms with van der Waals surface area (Å²) in [5.41, 5.74) is 0.487. The summed E-state index contributed by atoms with van der Waals surface area (Å²) in [5.74, 6) is -1.54. The quantitative estimate of drug-likeness (QED) is 0.898. The third kappa shape index (κ3) is 2.05. The summed E-state index contributed by atoms with van der Waals surface area (Å²) in [6.07, 6.45) is 0. The van der Waals surface area contributed by atoms with Gasteiger partial charge >= 0.3 is 5.97 Å². The number of halogens is 2. The van der Waals surface area contributed by atoms with Crippen molar-refractivity contribution in [3.8, 4) is 10.6 Å². The number of carboxylic acids is 1. The Morgan fingerprint density at radius 1 is 1.50 bits per heavy atom. The largest absolute Gasteiger partial charge is 0.476 e. The number of hydrogen-bond acceptors (Lipinski definition) is 3. The van der Waals surface area contributed by atoms with Gasteiger partial charge in [-0.25, -0.2) is 14.2 Å². The Bertz CT molecular complexity index is 556. The second-order valence-corrected chi connectivity index (χ2v) is 4.23. The lowest BCUT2D eigenvalue weighted by molar-refractivity contribution is 0.0691. The first kappa shape index (κ1) is 11.0. The van der Waals surface area contributed by atoms with Crippen molar-refractivity contribution in [2.45, 2.75) is 0 Å². The van der Waals surface area contributed by atoms with Gasteiger partial charge in [-0.3, -0.25) is 0 Å². The predicted molar refractivity (Wildman–Crippen MR) is 59.5 cm³/mol. The highest BCUT2D eigenvalue weighted by molar-refractivity contribution is 7.13. The van der Waals surface area contributed by atoms with Crippen molar-refractivity contribution in [3.63, 3.8) is 0 Å². The van der Waals surface area contributed by atoms with E-state index in [1.54, 1.807) is 0 Å². The van der Waals surface area contributed by atoms with Gasteiger partial charge in [0.2, 0.25) is 0 Å². The van der Waals surface area contributed by atoms with Gasteiger partial charge in [0.25, 0.3) is 0 Å². The maximum atomic E-state index is 12.8. The second-order valence-electron chi connectivity index (χ2n) is 2.97. The van der Waals surface area contributed by atoms with Crippen molar-refractivity contribution in [3.05, 3.63) is 40.1 Å². The highest BCUT2D eigenvalue weighted by Crippen LogP contribution is 2.30. The molecule has 2 rings (SSSR count). The predicted octanol–water partition coefficient (Wildman–Crippen LogP) is 3.30. The Morgan fingerprint density at radius 3 is 2.81 bits per heavy atom. The Kier molecular flexibility index (Phi) is 2.89. The molecule has 1 aromatic carbocycles. The minimum absolute atomic E-state index is 0.0413. The fraction of sp³-hybridized carbons (Fsp3) is 0. The molecule has 2 aromatic rings. The highest BCUT2D eigenvalue weighted by Gasteiger charge is 2.12. The van der Waals surface area contributed by atoms with Crippen LogP contribution in [0.3, 0.4) is 0 Å². The molecule has 16 heavy (non-hydrogen) atoms. The summed E-state index contributed by atoms with van der Waals surface area (Å²) in [5, 5.41) is 10.8. The van der Waals surface area contributed by atoms with Crippen molar-refractivity contribution in [2.75, 3.05) is 0 Å². The first-order valence-electron chi connectivity index (χ1n) is 4.22. The molecule has 0 aliphatic heterocycles. The minimum Gasteiger partial charge on any atom is -0.476 e. The summed E-state index contributed by atoms with van der Waals surface area (Å²) in [6.45, 7) is 0. The minimum atomic E-state index is -1.10. The van der Waals surface area contributed by atoms with Crippen molar-refractivity contribution in [1.82, 2.24) is 4.98 Å². The second kappa shape index (κ2) is 4.19. The number of thiazole rings is 1. The van der Waals surface area contributed by atoms with Gasteiger partial charge in [0.05, 0.1) is 5.02 Å². The molecule has 0 atom stereocenters. The van der Waals surface area contributed by atoms with Gasteiger partial charge in [-0.05, 0) is 18.2 Å². The number of nitrogens with zero attached hydrogens (tertiary/aromatic N) is 1. The first-order chi connectivity index (χ1) is 7.58. The van der Waals surface area contributed by atoms with Gasteiger partial charge in [0.1, 0.15) is 10.8 Å². The molecule has 0 saturated heterocycles. The Balaban J connectivity index is 2.46. The van der Waals surface area contributed by atoms with Crippen LogP contribution in [0.15, 0.2) is 23.6 Å². The molecule has 1 heterocycles. The first-order valence-corrected chi connectivity index (χ1v) is 5.48. The molecule has 1 aromatic heterocycles. The molecule has 0 amide bonds. The van der Waals surface area contributed by atoms with E-state index in [9.17, 15) is 9.18 Å². The number of rotatable bonds is 2. The van der Waals surface area contributed by atoms with Gasteiger partial charge in [-0.2, -0.15) is 0 Å². The molecule has 0 spiro atoms. The molecule has 0 fully saturated rings. The van der Waals surface area contributed by atoms with Gasteiger partial charge in [0, 0.05) is 10.9 Å². The topological polar surface area (TPSA) is 50.2 Å².